The predicted molar refractivity (Wildman–Crippen MR) is 130 cm³/mol. The van der Waals surface area contributed by atoms with Crippen molar-refractivity contribution in [3.05, 3.63) is 102 Å². The van der Waals surface area contributed by atoms with Crippen molar-refractivity contribution < 1.29 is 9.90 Å². The highest BCUT2D eigenvalue weighted by molar-refractivity contribution is 7.96. The summed E-state index contributed by atoms with van der Waals surface area (Å²) in [6.45, 7) is 0. The summed E-state index contributed by atoms with van der Waals surface area (Å²) >= 11 is 4.27. The van der Waals surface area contributed by atoms with E-state index in [1.54, 1.807) is 0 Å². The minimum Gasteiger partial charge on any atom is -0.493 e. The third-order valence-corrected chi connectivity index (χ3v) is 5.01. The molecule has 32 heavy (non-hydrogen) atoms. The Kier molecular flexibility index (Phi) is 6.57. The van der Waals surface area contributed by atoms with Crippen molar-refractivity contribution in [2.75, 3.05) is 0 Å². The quantitative estimate of drug-likeness (QED) is 0.111. The van der Waals surface area contributed by atoms with E-state index in [4.69, 9.17) is 0 Å². The van der Waals surface area contributed by atoms with Crippen molar-refractivity contribution in [2.24, 2.45) is 15.2 Å². The van der Waals surface area contributed by atoms with E-state index >= 15 is 0 Å². The molecular formula is C25H20N4O2S. The fraction of sp³-hybridized carbons (Fsp3) is 0.0400. The second-order valence-electron chi connectivity index (χ2n) is 6.99. The number of H-pyrrole nitrogens is 1. The monoisotopic (exact) mass is 440 g/mol. The number of azo groups is 1. The van der Waals surface area contributed by atoms with Crippen molar-refractivity contribution in [1.29, 1.82) is 0 Å². The van der Waals surface area contributed by atoms with Crippen LogP contribution in [0.5, 0.6) is 5.88 Å². The number of para-hydroxylation sites is 1. The van der Waals surface area contributed by atoms with Gasteiger partial charge in [0.05, 0.1) is 5.52 Å². The number of Topliss-reactive ketones (excluding diaryl/α,β-unsaturated/α-hetero) is 1. The van der Waals surface area contributed by atoms with Crippen LogP contribution in [0.25, 0.3) is 16.5 Å². The molecule has 0 atom stereocenters. The Morgan fingerprint density at radius 1 is 0.938 bits per heavy atom. The summed E-state index contributed by atoms with van der Waals surface area (Å²) in [5, 5.41) is 18.9. The Morgan fingerprint density at radius 3 is 2.34 bits per heavy atom. The number of amidine groups is 1. The van der Waals surface area contributed by atoms with Gasteiger partial charge in [-0.05, 0) is 17.2 Å². The number of allylic oxidation sites excluding steroid dienone is 1. The highest BCUT2D eigenvalue weighted by Crippen LogP contribution is 2.35. The lowest BCUT2D eigenvalue weighted by molar-refractivity contribution is -0.113. The van der Waals surface area contributed by atoms with Gasteiger partial charge in [-0.25, -0.2) is 4.99 Å². The number of aromatic amines is 1. The zero-order valence-electron chi connectivity index (χ0n) is 17.0. The highest BCUT2D eigenvalue weighted by Gasteiger charge is 2.13. The van der Waals surface area contributed by atoms with Crippen LogP contribution in [0, 0.1) is 0 Å². The molecule has 3 aromatic carbocycles. The molecular weight excluding hydrogens is 420 g/mol. The van der Waals surface area contributed by atoms with Crippen LogP contribution in [0.15, 0.2) is 106 Å². The molecule has 0 bridgehead atoms. The van der Waals surface area contributed by atoms with Crippen LogP contribution in [0.3, 0.4) is 0 Å². The summed E-state index contributed by atoms with van der Waals surface area (Å²) < 4.78 is 0. The zero-order valence-corrected chi connectivity index (χ0v) is 17.9. The number of aliphatic imine (C=N–C) groups is 1. The SMILES string of the molecule is O=C(Cc1ccccc1)\C(=C/N=C(S)/N=N/c1c(O)[nH]c2ccccc12)c1ccccc1. The first kappa shape index (κ1) is 21.3. The van der Waals surface area contributed by atoms with Crippen LogP contribution in [0.1, 0.15) is 11.1 Å². The molecule has 0 saturated carbocycles. The Hall–Kier alpha value is -3.97. The van der Waals surface area contributed by atoms with Gasteiger partial charge in [0.1, 0.15) is 0 Å². The van der Waals surface area contributed by atoms with Gasteiger partial charge >= 0.3 is 0 Å². The third-order valence-electron chi connectivity index (χ3n) is 4.80. The summed E-state index contributed by atoms with van der Waals surface area (Å²) in [7, 11) is 0. The minimum atomic E-state index is -0.0883. The zero-order chi connectivity index (χ0) is 22.3. The van der Waals surface area contributed by atoms with E-state index in [0.717, 1.165) is 22.0 Å². The molecule has 0 aliphatic rings. The average molecular weight is 441 g/mol. The average Bonchev–Trinajstić information content (AvgIpc) is 3.14. The van der Waals surface area contributed by atoms with Crippen molar-refractivity contribution in [2.45, 2.75) is 6.42 Å². The number of ketones is 1. The number of aromatic nitrogens is 1. The number of nitrogens with zero attached hydrogens (tertiary/aromatic N) is 3. The van der Waals surface area contributed by atoms with Gasteiger partial charge in [0.15, 0.2) is 11.5 Å². The Bertz CT molecular complexity index is 1330. The van der Waals surface area contributed by atoms with Gasteiger partial charge in [-0.2, -0.15) is 0 Å². The molecule has 0 aliphatic heterocycles. The van der Waals surface area contributed by atoms with E-state index in [1.165, 1.54) is 6.20 Å². The molecule has 7 heteroatoms. The number of rotatable bonds is 6. The number of nitrogens with one attached hydrogen (secondary N) is 1. The molecule has 0 amide bonds. The summed E-state index contributed by atoms with van der Waals surface area (Å²) in [4.78, 5) is 20.1. The molecule has 4 rings (SSSR count). The number of carbonyl (C=O) groups excluding carboxylic acids is 1. The maximum Gasteiger partial charge on any atom is 0.218 e. The second-order valence-corrected chi connectivity index (χ2v) is 7.39. The van der Waals surface area contributed by atoms with E-state index in [0.29, 0.717) is 11.3 Å². The summed E-state index contributed by atoms with van der Waals surface area (Å²) in [5.74, 6) is -0.159. The summed E-state index contributed by atoms with van der Waals surface area (Å²) in [6.07, 6.45) is 1.71. The molecule has 0 spiro atoms. The lowest BCUT2D eigenvalue weighted by Gasteiger charge is -2.06. The van der Waals surface area contributed by atoms with E-state index in [-0.39, 0.29) is 23.3 Å². The first-order chi connectivity index (χ1) is 15.6. The van der Waals surface area contributed by atoms with E-state index in [9.17, 15) is 9.90 Å². The molecule has 158 valence electrons. The molecule has 2 N–H and O–H groups in total. The Morgan fingerprint density at radius 2 is 1.59 bits per heavy atom. The molecule has 4 aromatic rings. The topological polar surface area (TPSA) is 90.2 Å². The van der Waals surface area contributed by atoms with E-state index < -0.39 is 0 Å². The smallest absolute Gasteiger partial charge is 0.218 e. The van der Waals surface area contributed by atoms with Crippen molar-refractivity contribution >= 4 is 45.7 Å². The summed E-state index contributed by atoms with van der Waals surface area (Å²) in [5.41, 5.74) is 3.17. The van der Waals surface area contributed by atoms with Crippen LogP contribution in [0.2, 0.25) is 0 Å². The number of benzene rings is 3. The normalized spacial score (nSPS) is 12.5. The lowest BCUT2D eigenvalue weighted by Crippen LogP contribution is -2.06. The minimum absolute atomic E-state index is 0.0515. The Balaban J connectivity index is 1.61. The number of carbonyl (C=O) groups is 1. The molecule has 0 aliphatic carbocycles. The number of hydrogen-bond acceptors (Lipinski definition) is 4. The van der Waals surface area contributed by atoms with Gasteiger partial charge in [-0.3, -0.25) is 4.79 Å². The van der Waals surface area contributed by atoms with Crippen molar-refractivity contribution in [3.8, 4) is 5.88 Å². The third kappa shape index (κ3) is 5.01. The van der Waals surface area contributed by atoms with Crippen LogP contribution in [0.4, 0.5) is 5.69 Å². The fourth-order valence-corrected chi connectivity index (χ4v) is 3.36. The molecule has 1 aromatic heterocycles. The molecule has 0 unspecified atom stereocenters. The molecule has 0 fully saturated rings. The predicted octanol–water partition coefficient (Wildman–Crippen LogP) is 6.10. The standard InChI is InChI=1S/C25H20N4O2S/c30-22(15-17-9-3-1-4-10-17)20(18-11-5-2-6-12-18)16-26-25(32)29-28-23-19-13-7-8-14-21(19)27-24(23)31/h1-14,16,27,31H,15H2,(H,26,32)/b20-16-,29-28+. The van der Waals surface area contributed by atoms with Crippen LogP contribution in [-0.2, 0) is 11.2 Å². The molecule has 0 saturated heterocycles. The largest absolute Gasteiger partial charge is 0.493 e. The van der Waals surface area contributed by atoms with E-state index in [1.807, 2.05) is 84.9 Å². The second kappa shape index (κ2) is 9.89. The Labute approximate surface area is 190 Å². The molecule has 1 heterocycles. The van der Waals surface area contributed by atoms with Gasteiger partial charge < -0.3 is 10.1 Å². The number of thiol groups is 1. The van der Waals surface area contributed by atoms with Gasteiger partial charge in [0.25, 0.3) is 0 Å². The maximum atomic E-state index is 13.0. The van der Waals surface area contributed by atoms with Crippen LogP contribution < -0.4 is 0 Å². The van der Waals surface area contributed by atoms with Gasteiger partial charge in [0, 0.05) is 23.6 Å². The lowest BCUT2D eigenvalue weighted by atomic mass is 9.98. The number of fused-ring (bicyclic) bond motifs is 1. The van der Waals surface area contributed by atoms with E-state index in [2.05, 4.69) is 32.8 Å². The maximum absolute atomic E-state index is 13.0. The van der Waals surface area contributed by atoms with Gasteiger partial charge in [-0.1, -0.05) is 78.9 Å². The highest BCUT2D eigenvalue weighted by atomic mass is 32.1. The van der Waals surface area contributed by atoms with Crippen molar-refractivity contribution in [3.63, 3.8) is 0 Å². The van der Waals surface area contributed by atoms with Gasteiger partial charge in [-0.15, -0.1) is 22.9 Å². The first-order valence-electron chi connectivity index (χ1n) is 9.92. The fourth-order valence-electron chi connectivity index (χ4n) is 3.26. The van der Waals surface area contributed by atoms with Crippen molar-refractivity contribution in [1.82, 2.24) is 4.98 Å². The number of hydrogen-bond donors (Lipinski definition) is 3. The first-order valence-corrected chi connectivity index (χ1v) is 10.4. The van der Waals surface area contributed by atoms with Gasteiger partial charge in [0.2, 0.25) is 11.0 Å². The molecule has 6 nitrogen and oxygen atoms in total. The number of aromatic hydroxyl groups is 1. The van der Waals surface area contributed by atoms with Crippen LogP contribution >= 0.6 is 12.6 Å². The summed E-state index contributed by atoms with van der Waals surface area (Å²) in [6, 6.07) is 26.2. The molecule has 0 radical (unpaired) electrons. The van der Waals surface area contributed by atoms with Crippen LogP contribution in [-0.4, -0.2) is 21.0 Å².